The minimum Gasteiger partial charge on any atom is -0.454 e. The molecule has 0 unspecified atom stereocenters. The van der Waals surface area contributed by atoms with Gasteiger partial charge in [0.2, 0.25) is 6.79 Å². The molecule has 190 valence electrons. The van der Waals surface area contributed by atoms with E-state index < -0.39 is 0 Å². The average molecular weight is 513 g/mol. The molecule has 0 bridgehead atoms. The molecule has 0 aliphatic carbocycles. The van der Waals surface area contributed by atoms with Crippen LogP contribution in [0.5, 0.6) is 11.5 Å². The van der Waals surface area contributed by atoms with Gasteiger partial charge in [-0.1, -0.05) is 35.0 Å². The third-order valence-electron chi connectivity index (χ3n) is 6.19. The third-order valence-corrected chi connectivity index (χ3v) is 6.43. The summed E-state index contributed by atoms with van der Waals surface area (Å²) in [6.45, 7) is 6.94. The highest BCUT2D eigenvalue weighted by atomic mass is 35.5. The molecular formula is C26H29ClN4O5. The van der Waals surface area contributed by atoms with Gasteiger partial charge in [0.05, 0.1) is 19.8 Å². The molecule has 36 heavy (non-hydrogen) atoms. The van der Waals surface area contributed by atoms with Gasteiger partial charge in [-0.05, 0) is 35.4 Å². The van der Waals surface area contributed by atoms with Crippen LogP contribution in [0.2, 0.25) is 5.02 Å². The van der Waals surface area contributed by atoms with Crippen LogP contribution in [0.25, 0.3) is 0 Å². The van der Waals surface area contributed by atoms with Gasteiger partial charge in [-0.15, -0.1) is 0 Å². The smallest absolute Gasteiger partial charge is 0.273 e. The van der Waals surface area contributed by atoms with E-state index in [9.17, 15) is 4.79 Å². The second-order valence-corrected chi connectivity index (χ2v) is 9.28. The molecule has 1 aromatic heterocycles. The van der Waals surface area contributed by atoms with Crippen molar-refractivity contribution < 1.29 is 23.5 Å². The number of rotatable bonds is 10. The van der Waals surface area contributed by atoms with E-state index in [1.807, 2.05) is 36.4 Å². The molecule has 0 atom stereocenters. The van der Waals surface area contributed by atoms with Crippen molar-refractivity contribution in [3.05, 3.63) is 76.1 Å². The largest absolute Gasteiger partial charge is 0.454 e. The standard InChI is InChI=1S/C26H29ClN4O5/c27-21-3-1-2-20(12-21)16-31(7-6-30-8-10-33-11-9-30)17-22-14-23(29-36-22)26(32)28-15-19-4-5-24-25(13-19)35-18-34-24/h1-5,12-14H,6-11,15-18H2,(H,28,32). The first-order valence-corrected chi connectivity index (χ1v) is 12.4. The maximum absolute atomic E-state index is 12.7. The summed E-state index contributed by atoms with van der Waals surface area (Å²) in [6, 6.07) is 15.1. The number of ether oxygens (including phenoxy) is 3. The van der Waals surface area contributed by atoms with Crippen LogP contribution in [0, 0.1) is 0 Å². The Balaban J connectivity index is 1.19. The maximum atomic E-state index is 12.7. The lowest BCUT2D eigenvalue weighted by atomic mass is 10.2. The molecule has 0 spiro atoms. The molecule has 1 fully saturated rings. The highest BCUT2D eigenvalue weighted by Crippen LogP contribution is 2.32. The second-order valence-electron chi connectivity index (χ2n) is 8.84. The molecule has 1 N–H and O–H groups in total. The van der Waals surface area contributed by atoms with Crippen molar-refractivity contribution in [3.8, 4) is 11.5 Å². The lowest BCUT2D eigenvalue weighted by Crippen LogP contribution is -2.41. The lowest BCUT2D eigenvalue weighted by molar-refractivity contribution is 0.0320. The van der Waals surface area contributed by atoms with Gasteiger partial charge in [0.25, 0.3) is 5.91 Å². The zero-order valence-corrected chi connectivity index (χ0v) is 20.7. The minimum absolute atomic E-state index is 0.216. The fourth-order valence-electron chi connectivity index (χ4n) is 4.25. The Bertz CT molecular complexity index is 1180. The predicted octanol–water partition coefficient (Wildman–Crippen LogP) is 3.32. The van der Waals surface area contributed by atoms with Crippen LogP contribution in [0.15, 0.2) is 53.1 Å². The molecule has 1 amide bonds. The molecule has 0 saturated carbocycles. The Labute approximate surface area is 214 Å². The molecule has 1 saturated heterocycles. The van der Waals surface area contributed by atoms with Crippen LogP contribution in [-0.4, -0.2) is 67.0 Å². The monoisotopic (exact) mass is 512 g/mol. The van der Waals surface area contributed by atoms with Gasteiger partial charge in [-0.3, -0.25) is 14.6 Å². The second kappa shape index (κ2) is 11.7. The molecule has 3 aromatic rings. The lowest BCUT2D eigenvalue weighted by Gasteiger charge is -2.29. The molecule has 9 nitrogen and oxygen atoms in total. The highest BCUT2D eigenvalue weighted by Gasteiger charge is 2.18. The van der Waals surface area contributed by atoms with Crippen LogP contribution in [0.1, 0.15) is 27.4 Å². The van der Waals surface area contributed by atoms with E-state index in [1.54, 1.807) is 6.07 Å². The van der Waals surface area contributed by atoms with Gasteiger partial charge in [-0.25, -0.2) is 0 Å². The van der Waals surface area contributed by atoms with Crippen LogP contribution in [0.4, 0.5) is 0 Å². The normalized spacial score (nSPS) is 15.4. The number of hydrogen-bond donors (Lipinski definition) is 1. The van der Waals surface area contributed by atoms with E-state index in [0.717, 1.165) is 50.5 Å². The average Bonchev–Trinajstić information content (AvgIpc) is 3.56. The summed E-state index contributed by atoms with van der Waals surface area (Å²) < 4.78 is 21.7. The predicted molar refractivity (Wildman–Crippen MR) is 133 cm³/mol. The Morgan fingerprint density at radius 3 is 2.75 bits per heavy atom. The number of hydrogen-bond acceptors (Lipinski definition) is 8. The molecule has 5 rings (SSSR count). The van der Waals surface area contributed by atoms with E-state index in [1.165, 1.54) is 0 Å². The first-order chi connectivity index (χ1) is 17.6. The molecular weight excluding hydrogens is 484 g/mol. The van der Waals surface area contributed by atoms with Crippen molar-refractivity contribution in [1.29, 1.82) is 0 Å². The van der Waals surface area contributed by atoms with E-state index in [2.05, 4.69) is 26.3 Å². The fraction of sp³-hybridized carbons (Fsp3) is 0.385. The third kappa shape index (κ3) is 6.55. The first kappa shape index (κ1) is 24.6. The summed E-state index contributed by atoms with van der Waals surface area (Å²) >= 11 is 6.20. The fourth-order valence-corrected chi connectivity index (χ4v) is 4.47. The van der Waals surface area contributed by atoms with Gasteiger partial charge < -0.3 is 24.1 Å². The number of nitrogens with one attached hydrogen (secondary N) is 1. The molecule has 2 aliphatic heterocycles. The van der Waals surface area contributed by atoms with Crippen LogP contribution in [-0.2, 0) is 24.4 Å². The SMILES string of the molecule is O=C(NCc1ccc2c(c1)OCO2)c1cc(CN(CCN2CCOCC2)Cc2cccc(Cl)c2)on1. The quantitative estimate of drug-likeness (QED) is 0.442. The van der Waals surface area contributed by atoms with E-state index in [4.69, 9.17) is 30.3 Å². The number of nitrogens with zero attached hydrogens (tertiary/aromatic N) is 3. The minimum atomic E-state index is -0.294. The molecule has 2 aliphatic rings. The first-order valence-electron chi connectivity index (χ1n) is 12.0. The van der Waals surface area contributed by atoms with Gasteiger partial charge in [0.1, 0.15) is 0 Å². The summed E-state index contributed by atoms with van der Waals surface area (Å²) in [4.78, 5) is 17.3. The van der Waals surface area contributed by atoms with Gasteiger partial charge in [0, 0.05) is 50.4 Å². The number of halogens is 1. The molecule has 3 heterocycles. The number of fused-ring (bicyclic) bond motifs is 1. The molecule has 2 aromatic carbocycles. The van der Waals surface area contributed by atoms with Crippen molar-refractivity contribution in [1.82, 2.24) is 20.3 Å². The summed E-state index contributed by atoms with van der Waals surface area (Å²) in [5.74, 6) is 1.73. The number of benzene rings is 2. The number of morpholine rings is 1. The molecule has 10 heteroatoms. The van der Waals surface area contributed by atoms with Crippen molar-refractivity contribution in [2.24, 2.45) is 0 Å². The zero-order chi connectivity index (χ0) is 24.7. The highest BCUT2D eigenvalue weighted by molar-refractivity contribution is 6.30. The summed E-state index contributed by atoms with van der Waals surface area (Å²) in [5.41, 5.74) is 2.28. The Morgan fingerprint density at radius 2 is 1.89 bits per heavy atom. The van der Waals surface area contributed by atoms with Crippen LogP contribution >= 0.6 is 11.6 Å². The van der Waals surface area contributed by atoms with Crippen LogP contribution in [0.3, 0.4) is 0 Å². The summed E-state index contributed by atoms with van der Waals surface area (Å²) in [6.07, 6.45) is 0. The summed E-state index contributed by atoms with van der Waals surface area (Å²) in [5, 5.41) is 7.60. The van der Waals surface area contributed by atoms with E-state index >= 15 is 0 Å². The van der Waals surface area contributed by atoms with Gasteiger partial charge in [-0.2, -0.15) is 0 Å². The summed E-state index contributed by atoms with van der Waals surface area (Å²) in [7, 11) is 0. The maximum Gasteiger partial charge on any atom is 0.273 e. The van der Waals surface area contributed by atoms with Crippen molar-refractivity contribution >= 4 is 17.5 Å². The number of carbonyl (C=O) groups excluding carboxylic acids is 1. The van der Waals surface area contributed by atoms with Crippen LogP contribution < -0.4 is 14.8 Å². The van der Waals surface area contributed by atoms with Gasteiger partial charge in [0.15, 0.2) is 23.0 Å². The van der Waals surface area contributed by atoms with E-state index in [0.29, 0.717) is 41.9 Å². The number of carbonyl (C=O) groups is 1. The molecule has 0 radical (unpaired) electrons. The Morgan fingerprint density at radius 1 is 1.03 bits per heavy atom. The number of aromatic nitrogens is 1. The number of amides is 1. The van der Waals surface area contributed by atoms with Gasteiger partial charge >= 0.3 is 0 Å². The zero-order valence-electron chi connectivity index (χ0n) is 20.0. The topological polar surface area (TPSA) is 89.3 Å². The Hall–Kier alpha value is -3.11. The van der Waals surface area contributed by atoms with Crippen molar-refractivity contribution in [2.75, 3.05) is 46.2 Å². The van der Waals surface area contributed by atoms with E-state index in [-0.39, 0.29) is 18.4 Å². The van der Waals surface area contributed by atoms with Crippen molar-refractivity contribution in [3.63, 3.8) is 0 Å². The van der Waals surface area contributed by atoms with Crippen molar-refractivity contribution in [2.45, 2.75) is 19.6 Å². The Kier molecular flexibility index (Phi) is 8.02.